The van der Waals surface area contributed by atoms with E-state index in [0.717, 1.165) is 11.5 Å². The van der Waals surface area contributed by atoms with E-state index in [1.807, 2.05) is 0 Å². The number of isocyanates is 1. The molecule has 0 heterocycles. The van der Waals surface area contributed by atoms with Crippen LogP contribution in [0.3, 0.4) is 0 Å². The van der Waals surface area contributed by atoms with Gasteiger partial charge in [-0.15, -0.1) is 23.2 Å². The molecule has 0 rings (SSSR count). The Balaban J connectivity index is 4.26. The fourth-order valence-electron chi connectivity index (χ4n) is 0.362. The molecule has 0 atom stereocenters. The van der Waals surface area contributed by atoms with E-state index in [1.165, 1.54) is 6.08 Å². The van der Waals surface area contributed by atoms with Gasteiger partial charge in [0.15, 0.2) is 0 Å². The Morgan fingerprint density at radius 1 is 1.50 bits per heavy atom. The van der Waals surface area contributed by atoms with Crippen molar-refractivity contribution in [3.8, 4) is 0 Å². The topological polar surface area (TPSA) is 63.6 Å². The third kappa shape index (κ3) is 6.37. The number of rotatable bonds is 4. The molecule has 0 unspecified atom stereocenters. The van der Waals surface area contributed by atoms with Crippen LogP contribution in [0.2, 0.25) is 0 Å². The third-order valence-electron chi connectivity index (χ3n) is 0.747. The van der Waals surface area contributed by atoms with Crippen LogP contribution in [-0.4, -0.2) is 19.3 Å². The molecule has 12 heavy (non-hydrogen) atoms. The lowest BCUT2D eigenvalue weighted by Crippen LogP contribution is -1.89. The van der Waals surface area contributed by atoms with Gasteiger partial charge in [-0.05, 0) is 6.42 Å². The van der Waals surface area contributed by atoms with Gasteiger partial charge in [0.1, 0.15) is 4.84 Å². The largest absolute Gasteiger partial charge is 0.285 e. The number of hydrogen-bond acceptors (Lipinski definition) is 3. The molecule has 0 saturated heterocycles. The van der Waals surface area contributed by atoms with Crippen LogP contribution >= 0.6 is 23.2 Å². The molecule has 0 spiro atoms. The molecule has 0 N–H and O–H groups in total. The summed E-state index contributed by atoms with van der Waals surface area (Å²) < 4.78 is 23.8. The Kier molecular flexibility index (Phi) is 5.17. The first kappa shape index (κ1) is 11.6. The van der Waals surface area contributed by atoms with Gasteiger partial charge in [0, 0.05) is 5.41 Å². The molecule has 0 amide bonds. The minimum Gasteiger partial charge on any atom is -0.210 e. The number of halogens is 2. The summed E-state index contributed by atoms with van der Waals surface area (Å²) in [6, 6.07) is 0. The van der Waals surface area contributed by atoms with E-state index in [-0.39, 0.29) is 6.42 Å². The molecule has 0 radical (unpaired) electrons. The van der Waals surface area contributed by atoms with Crippen molar-refractivity contribution in [2.75, 3.05) is 0 Å². The lowest BCUT2D eigenvalue weighted by atomic mass is 10.5. The van der Waals surface area contributed by atoms with Crippen LogP contribution in [0.4, 0.5) is 0 Å². The summed E-state index contributed by atoms with van der Waals surface area (Å²) in [5, 5.41) is 0.746. The first-order chi connectivity index (χ1) is 5.48. The van der Waals surface area contributed by atoms with Crippen molar-refractivity contribution >= 4 is 39.3 Å². The van der Waals surface area contributed by atoms with E-state index in [0.29, 0.717) is 0 Å². The normalized spacial score (nSPS) is 11.9. The van der Waals surface area contributed by atoms with Gasteiger partial charge in [-0.3, -0.25) is 0 Å². The second kappa shape index (κ2) is 5.32. The number of nitrogens with zero attached hydrogens (tertiary/aromatic N) is 1. The zero-order valence-corrected chi connectivity index (χ0v) is 8.10. The van der Waals surface area contributed by atoms with Gasteiger partial charge in [0.25, 0.3) is 16.1 Å². The Morgan fingerprint density at radius 2 is 2.08 bits per heavy atom. The standard InChI is InChI=1S/C5H5Cl2NO3S/c6-5(7)2-1-3-12(10,11)8-4-9/h1,3,5H,2H2/b3-1+. The molecule has 0 bridgehead atoms. The molecular formula is C5H5Cl2NO3S. The van der Waals surface area contributed by atoms with E-state index in [1.54, 1.807) is 0 Å². The zero-order chi connectivity index (χ0) is 9.61. The van der Waals surface area contributed by atoms with E-state index in [2.05, 4.69) is 4.40 Å². The van der Waals surface area contributed by atoms with Crippen LogP contribution in [0.1, 0.15) is 6.42 Å². The van der Waals surface area contributed by atoms with Gasteiger partial charge in [-0.25, -0.2) is 4.79 Å². The van der Waals surface area contributed by atoms with E-state index >= 15 is 0 Å². The number of sulfonamides is 1. The summed E-state index contributed by atoms with van der Waals surface area (Å²) in [5.74, 6) is 0. The van der Waals surface area contributed by atoms with Crippen LogP contribution in [0.25, 0.3) is 0 Å². The fourth-order valence-corrected chi connectivity index (χ4v) is 1.09. The van der Waals surface area contributed by atoms with Crippen molar-refractivity contribution in [1.29, 1.82) is 0 Å². The molecule has 0 aromatic heterocycles. The average molecular weight is 230 g/mol. The smallest absolute Gasteiger partial charge is 0.210 e. The monoisotopic (exact) mass is 229 g/mol. The Bertz CT molecular complexity index is 303. The SMILES string of the molecule is O=C=NS(=O)(=O)/C=C/CC(Cl)Cl. The van der Waals surface area contributed by atoms with Crippen LogP contribution in [0.5, 0.6) is 0 Å². The molecule has 68 valence electrons. The highest BCUT2D eigenvalue weighted by atomic mass is 35.5. The minimum absolute atomic E-state index is 0.177. The third-order valence-corrected chi connectivity index (χ3v) is 1.97. The van der Waals surface area contributed by atoms with Gasteiger partial charge >= 0.3 is 0 Å². The van der Waals surface area contributed by atoms with E-state index in [4.69, 9.17) is 23.2 Å². The van der Waals surface area contributed by atoms with Gasteiger partial charge in [0.2, 0.25) is 0 Å². The first-order valence-electron chi connectivity index (χ1n) is 2.77. The van der Waals surface area contributed by atoms with Crippen LogP contribution in [-0.2, 0) is 14.8 Å². The maximum absolute atomic E-state index is 10.6. The lowest BCUT2D eigenvalue weighted by Gasteiger charge is -1.90. The Hall–Kier alpha value is -0.350. The number of carbonyl (C=O) groups excluding carboxylic acids is 1. The van der Waals surface area contributed by atoms with Crippen molar-refractivity contribution in [3.05, 3.63) is 11.5 Å². The van der Waals surface area contributed by atoms with Crippen molar-refractivity contribution < 1.29 is 13.2 Å². The summed E-state index contributed by atoms with van der Waals surface area (Å²) in [6.07, 6.45) is 2.30. The average Bonchev–Trinajstić information content (AvgIpc) is 1.85. The van der Waals surface area contributed by atoms with Crippen molar-refractivity contribution in [2.24, 2.45) is 4.40 Å². The van der Waals surface area contributed by atoms with Crippen molar-refractivity contribution in [2.45, 2.75) is 11.3 Å². The molecule has 0 aromatic carbocycles. The van der Waals surface area contributed by atoms with Crippen molar-refractivity contribution in [3.63, 3.8) is 0 Å². The van der Waals surface area contributed by atoms with Crippen molar-refractivity contribution in [1.82, 2.24) is 0 Å². The minimum atomic E-state index is -3.82. The summed E-state index contributed by atoms with van der Waals surface area (Å²) in [5.41, 5.74) is 0. The Labute approximate surface area is 79.9 Å². The molecule has 0 aromatic rings. The van der Waals surface area contributed by atoms with E-state index in [9.17, 15) is 13.2 Å². The summed E-state index contributed by atoms with van der Waals surface area (Å²) >= 11 is 10.6. The molecule has 0 fully saturated rings. The number of alkyl halides is 2. The molecule has 0 saturated carbocycles. The molecular weight excluding hydrogens is 225 g/mol. The molecule has 4 nitrogen and oxygen atoms in total. The first-order valence-corrected chi connectivity index (χ1v) is 5.14. The Morgan fingerprint density at radius 3 is 2.50 bits per heavy atom. The summed E-state index contributed by atoms with van der Waals surface area (Å²) in [6.45, 7) is 0. The van der Waals surface area contributed by atoms with Gasteiger partial charge < -0.3 is 0 Å². The highest BCUT2D eigenvalue weighted by Crippen LogP contribution is 2.08. The quantitative estimate of drug-likeness (QED) is 0.416. The highest BCUT2D eigenvalue weighted by molar-refractivity contribution is 7.93. The maximum Gasteiger partial charge on any atom is 0.285 e. The van der Waals surface area contributed by atoms with Crippen LogP contribution < -0.4 is 0 Å². The molecule has 7 heteroatoms. The predicted octanol–water partition coefficient (Wildman–Crippen LogP) is 1.36. The lowest BCUT2D eigenvalue weighted by molar-refractivity contribution is 0.564. The number of allylic oxidation sites excluding steroid dienone is 1. The van der Waals surface area contributed by atoms with E-state index < -0.39 is 14.9 Å². The summed E-state index contributed by atoms with van der Waals surface area (Å²) in [7, 11) is -3.82. The number of hydrogen-bond donors (Lipinski definition) is 0. The van der Waals surface area contributed by atoms with Gasteiger partial charge in [-0.1, -0.05) is 10.5 Å². The fraction of sp³-hybridized carbons (Fsp3) is 0.400. The zero-order valence-electron chi connectivity index (χ0n) is 5.78. The summed E-state index contributed by atoms with van der Waals surface area (Å²) in [4.78, 5) is 8.89. The predicted molar refractivity (Wildman–Crippen MR) is 46.3 cm³/mol. The molecule has 0 aliphatic rings. The molecule has 0 aliphatic heterocycles. The second-order valence-corrected chi connectivity index (χ2v) is 4.46. The van der Waals surface area contributed by atoms with Gasteiger partial charge in [0.05, 0.1) is 0 Å². The maximum atomic E-state index is 10.6. The van der Waals surface area contributed by atoms with Gasteiger partial charge in [-0.2, -0.15) is 8.42 Å². The second-order valence-electron chi connectivity index (χ2n) is 1.70. The highest BCUT2D eigenvalue weighted by Gasteiger charge is 2.01. The van der Waals surface area contributed by atoms with Crippen LogP contribution in [0.15, 0.2) is 15.9 Å². The molecule has 0 aliphatic carbocycles. The van der Waals surface area contributed by atoms with Crippen LogP contribution in [0, 0.1) is 0 Å².